The Kier molecular flexibility index (Phi) is 5.65. The van der Waals surface area contributed by atoms with Gasteiger partial charge in [-0.15, -0.1) is 11.3 Å². The molecule has 3 rings (SSSR count). The zero-order valence-electron chi connectivity index (χ0n) is 14.0. The van der Waals surface area contributed by atoms with E-state index in [0.717, 1.165) is 6.42 Å². The van der Waals surface area contributed by atoms with E-state index in [9.17, 15) is 14.4 Å². The number of hydrogen-bond acceptors (Lipinski definition) is 5. The topological polar surface area (TPSA) is 98.7 Å². The predicted molar refractivity (Wildman–Crippen MR) is 99.6 cm³/mol. The van der Waals surface area contributed by atoms with E-state index in [1.165, 1.54) is 11.3 Å². The summed E-state index contributed by atoms with van der Waals surface area (Å²) in [6.45, 7) is 0.659. The van der Waals surface area contributed by atoms with Crippen LogP contribution in [0.3, 0.4) is 0 Å². The van der Waals surface area contributed by atoms with Gasteiger partial charge < -0.3 is 15.7 Å². The van der Waals surface area contributed by atoms with Gasteiger partial charge in [-0.3, -0.25) is 19.3 Å². The summed E-state index contributed by atoms with van der Waals surface area (Å²) >= 11 is 1.36. The van der Waals surface area contributed by atoms with Crippen molar-refractivity contribution in [3.63, 3.8) is 0 Å². The summed E-state index contributed by atoms with van der Waals surface area (Å²) in [7, 11) is 0. The van der Waals surface area contributed by atoms with Crippen LogP contribution in [0.4, 0.5) is 11.4 Å². The molecule has 2 heterocycles. The van der Waals surface area contributed by atoms with E-state index in [4.69, 9.17) is 5.11 Å². The normalized spacial score (nSPS) is 17.0. The average Bonchev–Trinajstić information content (AvgIpc) is 3.28. The second-order valence-corrected chi connectivity index (χ2v) is 6.97. The molecule has 7 nitrogen and oxygen atoms in total. The van der Waals surface area contributed by atoms with Crippen LogP contribution in [0.15, 0.2) is 41.8 Å². The maximum Gasteiger partial charge on any atom is 0.320 e. The first-order chi connectivity index (χ1) is 12.5. The van der Waals surface area contributed by atoms with Crippen molar-refractivity contribution < 1.29 is 19.5 Å². The molecule has 1 aliphatic heterocycles. The van der Waals surface area contributed by atoms with E-state index in [-0.39, 0.29) is 18.4 Å². The van der Waals surface area contributed by atoms with Crippen LogP contribution in [-0.4, -0.2) is 46.9 Å². The minimum Gasteiger partial charge on any atom is -0.480 e. The van der Waals surface area contributed by atoms with Crippen LogP contribution in [0.1, 0.15) is 22.5 Å². The van der Waals surface area contributed by atoms with Crippen molar-refractivity contribution in [2.75, 3.05) is 23.7 Å². The van der Waals surface area contributed by atoms with Gasteiger partial charge in [0, 0.05) is 11.4 Å². The molecule has 1 fully saturated rings. The number of nitrogens with one attached hydrogen (secondary N) is 2. The van der Waals surface area contributed by atoms with Crippen molar-refractivity contribution in [3.8, 4) is 0 Å². The van der Waals surface area contributed by atoms with E-state index in [0.29, 0.717) is 29.2 Å². The monoisotopic (exact) mass is 373 g/mol. The van der Waals surface area contributed by atoms with Crippen LogP contribution >= 0.6 is 11.3 Å². The van der Waals surface area contributed by atoms with Crippen LogP contribution in [0.2, 0.25) is 0 Å². The molecule has 136 valence electrons. The number of amides is 2. The van der Waals surface area contributed by atoms with Gasteiger partial charge in [-0.1, -0.05) is 6.07 Å². The number of nitrogens with zero attached hydrogens (tertiary/aromatic N) is 1. The molecule has 0 bridgehead atoms. The molecular formula is C18H19N3O4S. The molecule has 3 N–H and O–H groups in total. The van der Waals surface area contributed by atoms with Gasteiger partial charge in [0.15, 0.2) is 0 Å². The summed E-state index contributed by atoms with van der Waals surface area (Å²) in [6.07, 6.45) is 1.35. The first-order valence-electron chi connectivity index (χ1n) is 8.24. The summed E-state index contributed by atoms with van der Waals surface area (Å²) in [6, 6.07) is 9.77. The highest BCUT2D eigenvalue weighted by atomic mass is 32.1. The second kappa shape index (κ2) is 8.11. The molecule has 0 aliphatic carbocycles. The van der Waals surface area contributed by atoms with E-state index < -0.39 is 12.0 Å². The molecule has 0 unspecified atom stereocenters. The Bertz CT molecular complexity index is 789. The fourth-order valence-corrected chi connectivity index (χ4v) is 3.54. The Morgan fingerprint density at radius 3 is 2.42 bits per heavy atom. The molecule has 0 radical (unpaired) electrons. The molecule has 26 heavy (non-hydrogen) atoms. The summed E-state index contributed by atoms with van der Waals surface area (Å²) in [5.74, 6) is -1.32. The lowest BCUT2D eigenvalue weighted by Crippen LogP contribution is -2.40. The first kappa shape index (κ1) is 18.1. The van der Waals surface area contributed by atoms with Crippen molar-refractivity contribution in [1.82, 2.24) is 4.90 Å². The second-order valence-electron chi connectivity index (χ2n) is 6.02. The maximum absolute atomic E-state index is 12.1. The minimum absolute atomic E-state index is 0.0494. The Labute approximate surface area is 154 Å². The molecule has 0 saturated carbocycles. The summed E-state index contributed by atoms with van der Waals surface area (Å²) in [5.41, 5.74) is 1.22. The molecule has 2 aromatic rings. The Morgan fingerprint density at radius 2 is 1.81 bits per heavy atom. The number of benzene rings is 1. The molecule has 1 atom stereocenters. The number of aliphatic carboxylic acids is 1. The highest BCUT2D eigenvalue weighted by Gasteiger charge is 2.31. The fourth-order valence-electron chi connectivity index (χ4n) is 2.92. The third-order valence-electron chi connectivity index (χ3n) is 4.17. The first-order valence-corrected chi connectivity index (χ1v) is 9.12. The lowest BCUT2D eigenvalue weighted by atomic mass is 10.2. The molecule has 2 amide bonds. The van der Waals surface area contributed by atoms with E-state index in [1.807, 2.05) is 11.4 Å². The molecule has 1 aromatic heterocycles. The SMILES string of the molecule is O=C(CN1CCC[C@@H]1C(=O)O)Nc1ccc(NC(=O)c2cccs2)cc1. The van der Waals surface area contributed by atoms with Gasteiger partial charge in [-0.25, -0.2) is 0 Å². The number of carbonyl (C=O) groups is 3. The minimum atomic E-state index is -0.888. The third-order valence-corrected chi connectivity index (χ3v) is 5.04. The van der Waals surface area contributed by atoms with Crippen LogP contribution < -0.4 is 10.6 Å². The Balaban J connectivity index is 1.53. The lowest BCUT2D eigenvalue weighted by Gasteiger charge is -2.20. The maximum atomic E-state index is 12.1. The number of carboxylic acids is 1. The molecule has 1 aromatic carbocycles. The predicted octanol–water partition coefficient (Wildman–Crippen LogP) is 2.49. The van der Waals surface area contributed by atoms with Gasteiger partial charge >= 0.3 is 5.97 Å². The summed E-state index contributed by atoms with van der Waals surface area (Å²) in [5, 5.41) is 16.5. The zero-order valence-corrected chi connectivity index (χ0v) is 14.8. The van der Waals surface area contributed by atoms with Crippen molar-refractivity contribution in [1.29, 1.82) is 0 Å². The number of carbonyl (C=O) groups excluding carboxylic acids is 2. The highest BCUT2D eigenvalue weighted by molar-refractivity contribution is 7.12. The lowest BCUT2D eigenvalue weighted by molar-refractivity contribution is -0.142. The smallest absolute Gasteiger partial charge is 0.320 e. The largest absolute Gasteiger partial charge is 0.480 e. The van der Waals surface area contributed by atoms with Gasteiger partial charge in [0.25, 0.3) is 5.91 Å². The highest BCUT2D eigenvalue weighted by Crippen LogP contribution is 2.19. The summed E-state index contributed by atoms with van der Waals surface area (Å²) < 4.78 is 0. The number of hydrogen-bond donors (Lipinski definition) is 3. The van der Waals surface area contributed by atoms with Crippen molar-refractivity contribution in [2.24, 2.45) is 0 Å². The molecule has 1 saturated heterocycles. The van der Waals surface area contributed by atoms with Crippen molar-refractivity contribution in [2.45, 2.75) is 18.9 Å². The fraction of sp³-hybridized carbons (Fsp3) is 0.278. The van der Waals surface area contributed by atoms with Gasteiger partial charge in [0.2, 0.25) is 5.91 Å². The Hall–Kier alpha value is -2.71. The number of anilines is 2. The Morgan fingerprint density at radius 1 is 1.12 bits per heavy atom. The van der Waals surface area contributed by atoms with Crippen molar-refractivity contribution in [3.05, 3.63) is 46.7 Å². The van der Waals surface area contributed by atoms with Gasteiger partial charge in [-0.2, -0.15) is 0 Å². The molecule has 8 heteroatoms. The quantitative estimate of drug-likeness (QED) is 0.723. The number of thiophene rings is 1. The van der Waals surface area contributed by atoms with Gasteiger partial charge in [0.1, 0.15) is 6.04 Å². The standard InChI is InChI=1S/C18H19N3O4S/c22-16(11-21-9-1-3-14(21)18(24)25)19-12-5-7-13(8-6-12)20-17(23)15-4-2-10-26-15/h2,4-8,10,14H,1,3,9,11H2,(H,19,22)(H,20,23)(H,24,25)/t14-/m1/s1. The van der Waals surface area contributed by atoms with Gasteiger partial charge in [0.05, 0.1) is 11.4 Å². The van der Waals surface area contributed by atoms with E-state index >= 15 is 0 Å². The third kappa shape index (κ3) is 4.47. The van der Waals surface area contributed by atoms with Crippen LogP contribution in [-0.2, 0) is 9.59 Å². The number of carboxylic acid groups (broad SMARTS) is 1. The molecular weight excluding hydrogens is 354 g/mol. The van der Waals surface area contributed by atoms with E-state index in [2.05, 4.69) is 10.6 Å². The summed E-state index contributed by atoms with van der Waals surface area (Å²) in [4.78, 5) is 37.6. The van der Waals surface area contributed by atoms with E-state index in [1.54, 1.807) is 35.2 Å². The van der Waals surface area contributed by atoms with Crippen molar-refractivity contribution >= 4 is 40.5 Å². The van der Waals surface area contributed by atoms with Crippen LogP contribution in [0, 0.1) is 0 Å². The zero-order chi connectivity index (χ0) is 18.5. The number of likely N-dealkylation sites (tertiary alicyclic amines) is 1. The average molecular weight is 373 g/mol. The molecule has 1 aliphatic rings. The van der Waals surface area contributed by atoms with Gasteiger partial charge in [-0.05, 0) is 55.1 Å². The van der Waals surface area contributed by atoms with Crippen LogP contribution in [0.25, 0.3) is 0 Å². The van der Waals surface area contributed by atoms with Crippen LogP contribution in [0.5, 0.6) is 0 Å². The molecule has 0 spiro atoms. The number of rotatable bonds is 6.